The van der Waals surface area contributed by atoms with Crippen molar-refractivity contribution in [1.29, 1.82) is 0 Å². The van der Waals surface area contributed by atoms with Gasteiger partial charge >= 0.3 is 0 Å². The Labute approximate surface area is 410 Å². The smallest absolute Gasteiger partial charge is 0.127 e. The molecule has 0 atom stereocenters. The molecule has 0 N–H and O–H groups in total. The fraction of sp³-hybridized carbons (Fsp3) is 0.273. The van der Waals surface area contributed by atoms with Crippen LogP contribution in [0.5, 0.6) is 23.0 Å². The molecule has 0 aliphatic heterocycles. The third-order valence-electron chi connectivity index (χ3n) is 13.4. The first-order valence-electron chi connectivity index (χ1n) is 24.7. The van der Waals surface area contributed by atoms with E-state index in [2.05, 4.69) is 204 Å². The van der Waals surface area contributed by atoms with Crippen LogP contribution in [0, 0.1) is 48.5 Å². The molecule has 68 heavy (non-hydrogen) atoms. The van der Waals surface area contributed by atoms with Gasteiger partial charge in [0.25, 0.3) is 0 Å². The quantitative estimate of drug-likeness (QED) is 0.115. The Bertz CT molecular complexity index is 2650. The van der Waals surface area contributed by atoms with Crippen LogP contribution in [0.15, 0.2) is 170 Å². The molecule has 2 nitrogen and oxygen atoms in total. The molecule has 350 valence electrons. The van der Waals surface area contributed by atoms with E-state index in [1.54, 1.807) is 0 Å². The van der Waals surface area contributed by atoms with Gasteiger partial charge in [0, 0.05) is 5.41 Å². The number of benzene rings is 8. The van der Waals surface area contributed by atoms with Gasteiger partial charge in [0.1, 0.15) is 23.0 Å². The molecule has 0 saturated carbocycles. The van der Waals surface area contributed by atoms with E-state index in [9.17, 15) is 0 Å². The van der Waals surface area contributed by atoms with Gasteiger partial charge in [-0.05, 0) is 196 Å². The van der Waals surface area contributed by atoms with Crippen LogP contribution in [-0.2, 0) is 37.5 Å². The summed E-state index contributed by atoms with van der Waals surface area (Å²) < 4.78 is 11.9. The van der Waals surface area contributed by atoms with Gasteiger partial charge in [-0.1, -0.05) is 178 Å². The minimum atomic E-state index is -0.134. The number of hydrogen-bond acceptors (Lipinski definition) is 2. The van der Waals surface area contributed by atoms with Crippen LogP contribution in [0.4, 0.5) is 0 Å². The fourth-order valence-corrected chi connectivity index (χ4v) is 8.65. The number of rotatable bonds is 13. The number of hydrogen-bond donors (Lipinski definition) is 0. The molecule has 8 aromatic rings. The monoisotopic (exact) mass is 899 g/mol. The predicted octanol–water partition coefficient (Wildman–Crippen LogP) is 18.0. The average molecular weight is 899 g/mol. The second-order valence-corrected chi connectivity index (χ2v) is 19.1. The Kier molecular flexibility index (Phi) is 17.8. The van der Waals surface area contributed by atoms with Crippen molar-refractivity contribution in [3.05, 3.63) is 259 Å². The highest BCUT2D eigenvalue weighted by Gasteiger charge is 2.23. The van der Waals surface area contributed by atoms with Crippen molar-refractivity contribution >= 4 is 0 Å². The molecular formula is C66H74O2. The average Bonchev–Trinajstić information content (AvgIpc) is 3.34. The van der Waals surface area contributed by atoms with E-state index in [-0.39, 0.29) is 5.41 Å². The molecule has 0 spiro atoms. The molecule has 0 radical (unpaired) electrons. The molecule has 8 rings (SSSR count). The van der Waals surface area contributed by atoms with Crippen molar-refractivity contribution in [3.63, 3.8) is 0 Å². The summed E-state index contributed by atoms with van der Waals surface area (Å²) in [5.74, 6) is 3.37. The van der Waals surface area contributed by atoms with Gasteiger partial charge in [0.15, 0.2) is 0 Å². The van der Waals surface area contributed by atoms with Crippen LogP contribution >= 0.6 is 0 Å². The molecule has 0 aliphatic rings. The molecule has 8 aromatic carbocycles. The van der Waals surface area contributed by atoms with Crippen molar-refractivity contribution in [2.24, 2.45) is 0 Å². The zero-order valence-corrected chi connectivity index (χ0v) is 43.0. The topological polar surface area (TPSA) is 18.5 Å². The van der Waals surface area contributed by atoms with Gasteiger partial charge in [-0.2, -0.15) is 0 Å². The number of aryl methyl sites for hydroxylation is 8. The highest BCUT2D eigenvalue weighted by Crippen LogP contribution is 2.35. The first-order chi connectivity index (χ1) is 32.6. The maximum Gasteiger partial charge on any atom is 0.127 e. The maximum atomic E-state index is 5.97. The molecule has 0 amide bonds. The lowest BCUT2D eigenvalue weighted by atomic mass is 9.78. The van der Waals surface area contributed by atoms with Crippen molar-refractivity contribution in [2.75, 3.05) is 0 Å². The van der Waals surface area contributed by atoms with Gasteiger partial charge in [-0.15, -0.1) is 0 Å². The molecule has 0 unspecified atom stereocenters. The van der Waals surface area contributed by atoms with E-state index in [4.69, 9.17) is 9.47 Å². The second kappa shape index (κ2) is 23.9. The van der Waals surface area contributed by atoms with E-state index in [0.717, 1.165) is 55.1 Å². The summed E-state index contributed by atoms with van der Waals surface area (Å²) in [7, 11) is 0. The lowest BCUT2D eigenvalue weighted by molar-refractivity contribution is 0.481. The van der Waals surface area contributed by atoms with Crippen LogP contribution in [0.3, 0.4) is 0 Å². The van der Waals surface area contributed by atoms with Gasteiger partial charge in [-0.3, -0.25) is 0 Å². The Hall–Kier alpha value is -6.64. The molecule has 0 aliphatic carbocycles. The largest absolute Gasteiger partial charge is 0.457 e. The Morgan fingerprint density at radius 3 is 0.941 bits per heavy atom. The summed E-state index contributed by atoms with van der Waals surface area (Å²) in [5.41, 5.74) is 22.0. The molecule has 2 heteroatoms. The molecule has 0 saturated heterocycles. The summed E-state index contributed by atoms with van der Waals surface area (Å²) >= 11 is 0. The molecule has 0 heterocycles. The van der Waals surface area contributed by atoms with Crippen LogP contribution in [0.2, 0.25) is 0 Å². The summed E-state index contributed by atoms with van der Waals surface area (Å²) in [4.78, 5) is 0. The van der Waals surface area contributed by atoms with E-state index < -0.39 is 0 Å². The zero-order chi connectivity index (χ0) is 48.8. The summed E-state index contributed by atoms with van der Waals surface area (Å²) in [6, 6.07) is 60.0. The second-order valence-electron chi connectivity index (χ2n) is 19.1. The van der Waals surface area contributed by atoms with E-state index in [0.29, 0.717) is 0 Å². The lowest BCUT2D eigenvalue weighted by Crippen LogP contribution is -2.18. The summed E-state index contributed by atoms with van der Waals surface area (Å²) in [6.07, 6.45) is 5.45. The van der Waals surface area contributed by atoms with Gasteiger partial charge in [0.05, 0.1) is 0 Å². The van der Waals surface area contributed by atoms with Gasteiger partial charge < -0.3 is 9.47 Å². The van der Waals surface area contributed by atoms with Crippen molar-refractivity contribution < 1.29 is 9.47 Å². The maximum absolute atomic E-state index is 5.97. The molecular weight excluding hydrogens is 825 g/mol. The van der Waals surface area contributed by atoms with E-state index in [1.807, 2.05) is 48.5 Å². The minimum Gasteiger partial charge on any atom is -0.457 e. The first kappa shape index (κ1) is 50.8. The van der Waals surface area contributed by atoms with Gasteiger partial charge in [0.2, 0.25) is 0 Å². The van der Waals surface area contributed by atoms with Gasteiger partial charge in [-0.25, -0.2) is 0 Å². The fourth-order valence-electron chi connectivity index (χ4n) is 8.65. The molecule has 0 aromatic heterocycles. The summed E-state index contributed by atoms with van der Waals surface area (Å²) in [6.45, 7) is 26.4. The molecule has 0 fully saturated rings. The van der Waals surface area contributed by atoms with Crippen molar-refractivity contribution in [1.82, 2.24) is 0 Å². The lowest BCUT2D eigenvalue weighted by Gasteiger charge is -2.26. The SMILES string of the molecule is CCc1cc(Cc2cc(CC)c(C)c(CC)c2)cc(C)c1C.Cc1ccc(Cc2ccc(C)cc2)cc1.Cc1ccc(Oc2ccc(C(C)(C)c3ccc(Oc4ccc(C)cc4)cc3)cc2)cc1. The van der Waals surface area contributed by atoms with Crippen LogP contribution < -0.4 is 9.47 Å². The third kappa shape index (κ3) is 14.2. The third-order valence-corrected chi connectivity index (χ3v) is 13.4. The predicted molar refractivity (Wildman–Crippen MR) is 291 cm³/mol. The highest BCUT2D eigenvalue weighted by atomic mass is 16.5. The van der Waals surface area contributed by atoms with Crippen molar-refractivity contribution in [3.8, 4) is 23.0 Å². The minimum absolute atomic E-state index is 0.134. The van der Waals surface area contributed by atoms with E-state index in [1.165, 1.54) is 89.0 Å². The Balaban J connectivity index is 0.000000179. The Morgan fingerprint density at radius 1 is 0.324 bits per heavy atom. The molecule has 0 bridgehead atoms. The Morgan fingerprint density at radius 2 is 0.603 bits per heavy atom. The van der Waals surface area contributed by atoms with Crippen molar-refractivity contribution in [2.45, 2.75) is 121 Å². The normalized spacial score (nSPS) is 10.9. The highest BCUT2D eigenvalue weighted by molar-refractivity contribution is 5.46. The van der Waals surface area contributed by atoms with Crippen LogP contribution in [-0.4, -0.2) is 0 Å². The van der Waals surface area contributed by atoms with Crippen LogP contribution in [0.1, 0.15) is 124 Å². The van der Waals surface area contributed by atoms with E-state index >= 15 is 0 Å². The zero-order valence-electron chi connectivity index (χ0n) is 43.0. The standard InChI is InChI=1S/C29H28O2.C22H30.C15H16/c1-21-5-13-25(14-6-21)30-27-17-9-23(10-18-27)29(3,4)24-11-19-28(20-12-24)31-26-15-7-22(2)8-16-26;1-7-20-12-18(10-15(4)16(20)5)11-19-13-21(8-2)17(6)22(9-3)14-19;1-12-3-7-14(8-4-12)11-15-9-5-13(2)6-10-15/h5-20H,1-4H3;10,12-14H,7-9,11H2,1-6H3;3-10H,11H2,1-2H3. The summed E-state index contributed by atoms with van der Waals surface area (Å²) in [5, 5.41) is 0. The van der Waals surface area contributed by atoms with Crippen LogP contribution in [0.25, 0.3) is 0 Å². The first-order valence-corrected chi connectivity index (χ1v) is 24.7. The number of ether oxygens (including phenoxy) is 2.